The van der Waals surface area contributed by atoms with Crippen LogP contribution in [-0.4, -0.2) is 43.6 Å². The summed E-state index contributed by atoms with van der Waals surface area (Å²) in [6.07, 6.45) is 2.46. The highest BCUT2D eigenvalue weighted by molar-refractivity contribution is 5.85. The summed E-state index contributed by atoms with van der Waals surface area (Å²) >= 11 is 0. The Labute approximate surface area is 133 Å². The summed E-state index contributed by atoms with van der Waals surface area (Å²) in [4.78, 5) is 14.6. The van der Waals surface area contributed by atoms with Crippen LogP contribution in [0.4, 0.5) is 0 Å². The van der Waals surface area contributed by atoms with Gasteiger partial charge in [-0.25, -0.2) is 0 Å². The SMILES string of the molecule is CCCN(C(=O)Cc1ccccc1OC)C1CCNC1.Cl. The molecule has 5 heteroatoms. The van der Waals surface area contributed by atoms with Crippen LogP contribution < -0.4 is 10.1 Å². The summed E-state index contributed by atoms with van der Waals surface area (Å²) in [5.41, 5.74) is 0.965. The first-order valence-electron chi connectivity index (χ1n) is 7.38. The molecule has 1 amide bonds. The van der Waals surface area contributed by atoms with Crippen LogP contribution in [0.2, 0.25) is 0 Å². The number of hydrogen-bond acceptors (Lipinski definition) is 3. The van der Waals surface area contributed by atoms with E-state index in [1.54, 1.807) is 7.11 Å². The molecule has 1 atom stereocenters. The Morgan fingerprint density at radius 1 is 1.43 bits per heavy atom. The lowest BCUT2D eigenvalue weighted by Gasteiger charge is -2.28. The maximum Gasteiger partial charge on any atom is 0.227 e. The van der Waals surface area contributed by atoms with Crippen LogP contribution in [0.1, 0.15) is 25.3 Å². The van der Waals surface area contributed by atoms with Crippen LogP contribution in [0, 0.1) is 0 Å². The summed E-state index contributed by atoms with van der Waals surface area (Å²) in [7, 11) is 1.65. The molecule has 1 unspecified atom stereocenters. The van der Waals surface area contributed by atoms with Gasteiger partial charge in [0.05, 0.1) is 13.5 Å². The van der Waals surface area contributed by atoms with E-state index in [0.717, 1.165) is 43.8 Å². The molecular weight excluding hydrogens is 288 g/mol. The predicted octanol–water partition coefficient (Wildman–Crippen LogP) is 2.26. The first-order chi connectivity index (χ1) is 9.76. The number of nitrogens with one attached hydrogen (secondary N) is 1. The van der Waals surface area contributed by atoms with Gasteiger partial charge in [0, 0.05) is 24.7 Å². The number of rotatable bonds is 6. The zero-order chi connectivity index (χ0) is 14.4. The number of methoxy groups -OCH3 is 1. The van der Waals surface area contributed by atoms with E-state index >= 15 is 0 Å². The Balaban J connectivity index is 0.00000220. The van der Waals surface area contributed by atoms with Gasteiger partial charge in [0.15, 0.2) is 0 Å². The van der Waals surface area contributed by atoms with Crippen molar-refractivity contribution in [3.8, 4) is 5.75 Å². The van der Waals surface area contributed by atoms with Gasteiger partial charge < -0.3 is 15.0 Å². The Hall–Kier alpha value is -1.26. The molecule has 0 aliphatic carbocycles. The van der Waals surface area contributed by atoms with Crippen molar-refractivity contribution in [2.24, 2.45) is 0 Å². The highest BCUT2D eigenvalue weighted by Gasteiger charge is 2.26. The van der Waals surface area contributed by atoms with E-state index in [9.17, 15) is 4.79 Å². The molecule has 2 rings (SSSR count). The Bertz CT molecular complexity index is 448. The Kier molecular flexibility index (Phi) is 7.54. The third-order valence-electron chi connectivity index (χ3n) is 3.79. The van der Waals surface area contributed by atoms with Gasteiger partial charge in [-0.15, -0.1) is 12.4 Å². The van der Waals surface area contributed by atoms with E-state index in [0.29, 0.717) is 12.5 Å². The van der Waals surface area contributed by atoms with E-state index < -0.39 is 0 Å². The smallest absolute Gasteiger partial charge is 0.227 e. The predicted molar refractivity (Wildman–Crippen MR) is 87.2 cm³/mol. The number of para-hydroxylation sites is 1. The second-order valence-electron chi connectivity index (χ2n) is 5.22. The molecule has 0 spiro atoms. The van der Waals surface area contributed by atoms with E-state index in [-0.39, 0.29) is 18.3 Å². The number of benzene rings is 1. The molecule has 21 heavy (non-hydrogen) atoms. The highest BCUT2D eigenvalue weighted by atomic mass is 35.5. The summed E-state index contributed by atoms with van der Waals surface area (Å²) in [5, 5.41) is 3.33. The van der Waals surface area contributed by atoms with Crippen molar-refractivity contribution in [3.05, 3.63) is 29.8 Å². The van der Waals surface area contributed by atoms with Crippen LogP contribution in [0.25, 0.3) is 0 Å². The fourth-order valence-electron chi connectivity index (χ4n) is 2.77. The van der Waals surface area contributed by atoms with Crippen molar-refractivity contribution in [1.82, 2.24) is 10.2 Å². The van der Waals surface area contributed by atoms with Crippen molar-refractivity contribution >= 4 is 18.3 Å². The molecule has 1 aliphatic heterocycles. The molecule has 0 bridgehead atoms. The molecule has 1 aromatic carbocycles. The number of carbonyl (C=O) groups excluding carboxylic acids is 1. The van der Waals surface area contributed by atoms with Gasteiger partial charge in [-0.1, -0.05) is 25.1 Å². The van der Waals surface area contributed by atoms with Crippen molar-refractivity contribution < 1.29 is 9.53 Å². The zero-order valence-electron chi connectivity index (χ0n) is 12.8. The monoisotopic (exact) mass is 312 g/mol. The molecule has 0 radical (unpaired) electrons. The second-order valence-corrected chi connectivity index (χ2v) is 5.22. The number of ether oxygens (including phenoxy) is 1. The molecule has 1 aliphatic rings. The van der Waals surface area contributed by atoms with Gasteiger partial charge in [-0.3, -0.25) is 4.79 Å². The molecule has 1 N–H and O–H groups in total. The fraction of sp³-hybridized carbons (Fsp3) is 0.562. The van der Waals surface area contributed by atoms with E-state index in [2.05, 4.69) is 12.2 Å². The molecular formula is C16H25ClN2O2. The van der Waals surface area contributed by atoms with Crippen LogP contribution in [0.3, 0.4) is 0 Å². The molecule has 1 heterocycles. The standard InChI is InChI=1S/C16H24N2O2.ClH/c1-3-10-18(14-8-9-17-12-14)16(19)11-13-6-4-5-7-15(13)20-2;/h4-7,14,17H,3,8-12H2,1-2H3;1H. The first kappa shape index (κ1) is 17.8. The molecule has 4 nitrogen and oxygen atoms in total. The summed E-state index contributed by atoms with van der Waals surface area (Å²) in [6, 6.07) is 8.10. The van der Waals surface area contributed by atoms with Crippen molar-refractivity contribution in [3.63, 3.8) is 0 Å². The van der Waals surface area contributed by atoms with Crippen LogP contribution >= 0.6 is 12.4 Å². The van der Waals surface area contributed by atoms with E-state index in [4.69, 9.17) is 4.74 Å². The van der Waals surface area contributed by atoms with Crippen molar-refractivity contribution in [1.29, 1.82) is 0 Å². The number of hydrogen-bond donors (Lipinski definition) is 1. The summed E-state index contributed by atoms with van der Waals surface area (Å²) in [6.45, 7) is 4.87. The molecule has 0 saturated carbocycles. The van der Waals surface area contributed by atoms with Crippen LogP contribution in [0.15, 0.2) is 24.3 Å². The van der Waals surface area contributed by atoms with Crippen LogP contribution in [0.5, 0.6) is 5.75 Å². The lowest BCUT2D eigenvalue weighted by atomic mass is 10.1. The van der Waals surface area contributed by atoms with E-state index in [1.165, 1.54) is 0 Å². The van der Waals surface area contributed by atoms with Gasteiger partial charge in [-0.05, 0) is 25.5 Å². The highest BCUT2D eigenvalue weighted by Crippen LogP contribution is 2.20. The minimum absolute atomic E-state index is 0. The zero-order valence-corrected chi connectivity index (χ0v) is 13.6. The molecule has 1 aromatic rings. The third kappa shape index (κ3) is 4.61. The number of halogens is 1. The third-order valence-corrected chi connectivity index (χ3v) is 3.79. The van der Waals surface area contributed by atoms with Gasteiger partial charge in [0.2, 0.25) is 5.91 Å². The fourth-order valence-corrected chi connectivity index (χ4v) is 2.77. The van der Waals surface area contributed by atoms with Crippen LogP contribution in [-0.2, 0) is 11.2 Å². The quantitative estimate of drug-likeness (QED) is 0.876. The lowest BCUT2D eigenvalue weighted by molar-refractivity contribution is -0.132. The van der Waals surface area contributed by atoms with Gasteiger partial charge in [-0.2, -0.15) is 0 Å². The number of amides is 1. The average molecular weight is 313 g/mol. The van der Waals surface area contributed by atoms with E-state index in [1.807, 2.05) is 29.2 Å². The lowest BCUT2D eigenvalue weighted by Crippen LogP contribution is -2.42. The van der Waals surface area contributed by atoms with Gasteiger partial charge in [0.25, 0.3) is 0 Å². The summed E-state index contributed by atoms with van der Waals surface area (Å²) in [5.74, 6) is 0.992. The van der Waals surface area contributed by atoms with Crippen molar-refractivity contribution in [2.45, 2.75) is 32.2 Å². The normalized spacial score (nSPS) is 17.1. The van der Waals surface area contributed by atoms with Gasteiger partial charge >= 0.3 is 0 Å². The molecule has 118 valence electrons. The summed E-state index contributed by atoms with van der Waals surface area (Å²) < 4.78 is 5.33. The number of nitrogens with zero attached hydrogens (tertiary/aromatic N) is 1. The Morgan fingerprint density at radius 3 is 2.81 bits per heavy atom. The number of carbonyl (C=O) groups is 1. The first-order valence-corrected chi connectivity index (χ1v) is 7.38. The maximum absolute atomic E-state index is 12.6. The minimum atomic E-state index is 0. The molecule has 1 saturated heterocycles. The second kappa shape index (κ2) is 8.90. The largest absolute Gasteiger partial charge is 0.496 e. The van der Waals surface area contributed by atoms with Gasteiger partial charge in [0.1, 0.15) is 5.75 Å². The average Bonchev–Trinajstić information content (AvgIpc) is 2.99. The maximum atomic E-state index is 12.6. The molecule has 0 aromatic heterocycles. The minimum Gasteiger partial charge on any atom is -0.496 e. The topological polar surface area (TPSA) is 41.6 Å². The van der Waals surface area contributed by atoms with Crippen molar-refractivity contribution in [2.75, 3.05) is 26.7 Å². The molecule has 1 fully saturated rings. The Morgan fingerprint density at radius 2 is 2.19 bits per heavy atom.